The van der Waals surface area contributed by atoms with Gasteiger partial charge in [0.15, 0.2) is 0 Å². The summed E-state index contributed by atoms with van der Waals surface area (Å²) in [5, 5.41) is 23.6. The number of non-ortho nitro benzene ring substituents is 1. The summed E-state index contributed by atoms with van der Waals surface area (Å²) < 4.78 is 1.39. The number of nitro groups is 1. The van der Waals surface area contributed by atoms with Crippen LogP contribution in [0.5, 0.6) is 0 Å². The van der Waals surface area contributed by atoms with Crippen LogP contribution in [0.1, 0.15) is 10.4 Å². The van der Waals surface area contributed by atoms with Gasteiger partial charge in [-0.2, -0.15) is 5.10 Å². The highest BCUT2D eigenvalue weighted by molar-refractivity contribution is 5.94. The number of rotatable bonds is 3. The van der Waals surface area contributed by atoms with E-state index in [4.69, 9.17) is 5.11 Å². The van der Waals surface area contributed by atoms with Gasteiger partial charge in [-0.05, 0) is 12.1 Å². The van der Waals surface area contributed by atoms with E-state index in [9.17, 15) is 14.9 Å². The molecule has 0 aliphatic heterocycles. The Labute approximate surface area is 101 Å². The van der Waals surface area contributed by atoms with Crippen molar-refractivity contribution in [3.8, 4) is 11.3 Å². The molecule has 0 aliphatic rings. The first-order valence-corrected chi connectivity index (χ1v) is 5.01. The monoisotopic (exact) mass is 247 g/mol. The third-order valence-electron chi connectivity index (χ3n) is 2.41. The molecule has 0 bridgehead atoms. The van der Waals surface area contributed by atoms with Crippen molar-refractivity contribution in [1.82, 2.24) is 9.78 Å². The van der Waals surface area contributed by atoms with Gasteiger partial charge in [-0.3, -0.25) is 14.8 Å². The Hall–Kier alpha value is -2.70. The molecule has 7 heteroatoms. The number of hydrogen-bond acceptors (Lipinski definition) is 4. The SMILES string of the molecule is Cn1cc(C(=O)O)c(-c2ccc([N+](=O)[O-])cc2)n1. The van der Waals surface area contributed by atoms with Gasteiger partial charge in [0.05, 0.1) is 4.92 Å². The zero-order valence-electron chi connectivity index (χ0n) is 9.40. The predicted octanol–water partition coefficient (Wildman–Crippen LogP) is 1.69. The Bertz CT molecular complexity index is 616. The molecule has 0 aliphatic carbocycles. The number of carbonyl (C=O) groups is 1. The molecule has 1 aromatic carbocycles. The Balaban J connectivity index is 2.48. The van der Waals surface area contributed by atoms with Gasteiger partial charge >= 0.3 is 5.97 Å². The molecule has 1 aromatic heterocycles. The van der Waals surface area contributed by atoms with E-state index >= 15 is 0 Å². The van der Waals surface area contributed by atoms with Gasteiger partial charge in [0, 0.05) is 30.9 Å². The first kappa shape index (κ1) is 11.8. The number of aromatic nitrogens is 2. The van der Waals surface area contributed by atoms with Gasteiger partial charge in [-0.25, -0.2) is 4.79 Å². The standard InChI is InChI=1S/C11H9N3O4/c1-13-6-9(11(15)16)10(12-13)7-2-4-8(5-3-7)14(17)18/h2-6H,1H3,(H,15,16). The second-order valence-electron chi connectivity index (χ2n) is 3.67. The quantitative estimate of drug-likeness (QED) is 0.657. The van der Waals surface area contributed by atoms with Crippen molar-refractivity contribution in [1.29, 1.82) is 0 Å². The molecule has 18 heavy (non-hydrogen) atoms. The molecule has 0 saturated carbocycles. The van der Waals surface area contributed by atoms with Crippen molar-refractivity contribution in [2.24, 2.45) is 7.05 Å². The lowest BCUT2D eigenvalue weighted by atomic mass is 10.1. The van der Waals surface area contributed by atoms with E-state index in [-0.39, 0.29) is 11.3 Å². The molecular formula is C11H9N3O4. The maximum absolute atomic E-state index is 11.0. The molecule has 0 atom stereocenters. The summed E-state index contributed by atoms with van der Waals surface area (Å²) in [6.45, 7) is 0. The number of nitro benzene ring substituents is 1. The fraction of sp³-hybridized carbons (Fsp3) is 0.0909. The van der Waals surface area contributed by atoms with Gasteiger partial charge in [-0.1, -0.05) is 0 Å². The summed E-state index contributed by atoms with van der Waals surface area (Å²) in [5.41, 5.74) is 0.830. The number of carboxylic acids is 1. The van der Waals surface area contributed by atoms with E-state index in [1.165, 1.54) is 35.1 Å². The van der Waals surface area contributed by atoms with Crippen molar-refractivity contribution in [3.63, 3.8) is 0 Å². The van der Waals surface area contributed by atoms with Crippen molar-refractivity contribution >= 4 is 11.7 Å². The molecule has 0 fully saturated rings. The number of benzene rings is 1. The summed E-state index contributed by atoms with van der Waals surface area (Å²) in [5.74, 6) is -1.09. The highest BCUT2D eigenvalue weighted by atomic mass is 16.6. The lowest BCUT2D eigenvalue weighted by molar-refractivity contribution is -0.384. The van der Waals surface area contributed by atoms with Crippen LogP contribution in [-0.4, -0.2) is 25.8 Å². The maximum Gasteiger partial charge on any atom is 0.339 e. The van der Waals surface area contributed by atoms with E-state index < -0.39 is 10.9 Å². The largest absolute Gasteiger partial charge is 0.478 e. The van der Waals surface area contributed by atoms with E-state index in [1.54, 1.807) is 7.05 Å². The molecule has 2 aromatic rings. The number of hydrogen-bond donors (Lipinski definition) is 1. The molecule has 0 amide bonds. The lowest BCUT2D eigenvalue weighted by Crippen LogP contribution is -1.96. The normalized spacial score (nSPS) is 10.3. The minimum absolute atomic E-state index is 0.0495. The first-order chi connectivity index (χ1) is 8.49. The average Bonchev–Trinajstić information content (AvgIpc) is 2.71. The molecule has 0 spiro atoms. The predicted molar refractivity (Wildman–Crippen MR) is 62.3 cm³/mol. The van der Waals surface area contributed by atoms with Crippen molar-refractivity contribution < 1.29 is 14.8 Å². The first-order valence-electron chi connectivity index (χ1n) is 5.01. The van der Waals surface area contributed by atoms with E-state index in [0.717, 1.165) is 0 Å². The average molecular weight is 247 g/mol. The number of aryl methyl sites for hydroxylation is 1. The summed E-state index contributed by atoms with van der Waals surface area (Å²) >= 11 is 0. The highest BCUT2D eigenvalue weighted by Crippen LogP contribution is 2.24. The summed E-state index contributed by atoms with van der Waals surface area (Å²) in [4.78, 5) is 21.0. The molecule has 7 nitrogen and oxygen atoms in total. The van der Waals surface area contributed by atoms with Gasteiger partial charge in [0.25, 0.3) is 5.69 Å². The van der Waals surface area contributed by atoms with Crippen molar-refractivity contribution in [2.75, 3.05) is 0 Å². The van der Waals surface area contributed by atoms with Gasteiger partial charge in [0.2, 0.25) is 0 Å². The van der Waals surface area contributed by atoms with Gasteiger partial charge in [-0.15, -0.1) is 0 Å². The Morgan fingerprint density at radius 3 is 2.50 bits per heavy atom. The molecule has 0 unspecified atom stereocenters. The van der Waals surface area contributed by atoms with Crippen LogP contribution >= 0.6 is 0 Å². The number of nitrogens with zero attached hydrogens (tertiary/aromatic N) is 3. The summed E-state index contributed by atoms with van der Waals surface area (Å²) in [7, 11) is 1.61. The van der Waals surface area contributed by atoms with Crippen LogP contribution in [0.2, 0.25) is 0 Å². The molecule has 1 heterocycles. The summed E-state index contributed by atoms with van der Waals surface area (Å²) in [6, 6.07) is 5.59. The van der Waals surface area contributed by atoms with Gasteiger partial charge < -0.3 is 5.11 Å². The zero-order valence-corrected chi connectivity index (χ0v) is 9.40. The number of aromatic carboxylic acids is 1. The second-order valence-corrected chi connectivity index (χ2v) is 3.67. The Morgan fingerprint density at radius 2 is 2.00 bits per heavy atom. The third-order valence-corrected chi connectivity index (χ3v) is 2.41. The summed E-state index contributed by atoms with van der Waals surface area (Å²) in [6.07, 6.45) is 1.39. The third kappa shape index (κ3) is 2.05. The molecule has 0 radical (unpaired) electrons. The van der Waals surface area contributed by atoms with Crippen LogP contribution in [0.25, 0.3) is 11.3 Å². The van der Waals surface area contributed by atoms with E-state index in [2.05, 4.69) is 5.10 Å². The molecule has 0 saturated heterocycles. The fourth-order valence-electron chi connectivity index (χ4n) is 1.60. The van der Waals surface area contributed by atoms with Crippen LogP contribution < -0.4 is 0 Å². The fourth-order valence-corrected chi connectivity index (χ4v) is 1.60. The second kappa shape index (κ2) is 4.28. The molecular weight excluding hydrogens is 238 g/mol. The van der Waals surface area contributed by atoms with Crippen molar-refractivity contribution in [2.45, 2.75) is 0 Å². The van der Waals surface area contributed by atoms with Crippen LogP contribution in [0.15, 0.2) is 30.5 Å². The van der Waals surface area contributed by atoms with Crippen LogP contribution in [-0.2, 0) is 7.05 Å². The minimum atomic E-state index is -1.09. The zero-order chi connectivity index (χ0) is 13.3. The van der Waals surface area contributed by atoms with Crippen LogP contribution in [0, 0.1) is 10.1 Å². The highest BCUT2D eigenvalue weighted by Gasteiger charge is 2.16. The molecule has 1 N–H and O–H groups in total. The van der Waals surface area contributed by atoms with Crippen LogP contribution in [0.3, 0.4) is 0 Å². The topological polar surface area (TPSA) is 98.3 Å². The number of carboxylic acid groups (broad SMARTS) is 1. The van der Waals surface area contributed by atoms with E-state index in [0.29, 0.717) is 11.3 Å². The Morgan fingerprint density at radius 1 is 1.39 bits per heavy atom. The molecule has 92 valence electrons. The lowest BCUT2D eigenvalue weighted by Gasteiger charge is -1.98. The van der Waals surface area contributed by atoms with E-state index in [1.807, 2.05) is 0 Å². The van der Waals surface area contributed by atoms with Crippen molar-refractivity contribution in [3.05, 3.63) is 46.1 Å². The Kier molecular flexibility index (Phi) is 2.80. The smallest absolute Gasteiger partial charge is 0.339 e. The van der Waals surface area contributed by atoms with Crippen LogP contribution in [0.4, 0.5) is 5.69 Å². The van der Waals surface area contributed by atoms with Gasteiger partial charge in [0.1, 0.15) is 11.3 Å². The maximum atomic E-state index is 11.0. The molecule has 2 rings (SSSR count). The minimum Gasteiger partial charge on any atom is -0.478 e.